The average molecular weight is 242 g/mol. The monoisotopic (exact) mass is 242 g/mol. The Kier molecular flexibility index (Phi) is 2.71. The number of carbonyl (C=O) groups excluding carboxylic acids is 1. The minimum absolute atomic E-state index is 0.714. The molecule has 0 saturated heterocycles. The second-order valence-corrected chi connectivity index (χ2v) is 5.56. The van der Waals surface area contributed by atoms with Crippen LogP contribution in [-0.4, -0.2) is 21.9 Å². The zero-order valence-corrected chi connectivity index (χ0v) is 9.55. The minimum atomic E-state index is -1.50. The summed E-state index contributed by atoms with van der Waals surface area (Å²) in [4.78, 5) is 22.1. The standard InChI is InChI=1S/C10H14N2O3S/c11-9(15)10(12)7(8(13)14)5-3-1-2-4-6(5)16-10/h7H,1-4,12H2,(H2,11,15)(H,13,14)/t7-,10-/m1/s1. The van der Waals surface area contributed by atoms with Crippen LogP contribution in [-0.2, 0) is 9.59 Å². The first-order valence-electron chi connectivity index (χ1n) is 5.19. The van der Waals surface area contributed by atoms with E-state index in [4.69, 9.17) is 11.5 Å². The molecule has 0 radical (unpaired) electrons. The number of aliphatic carboxylic acids is 1. The highest BCUT2D eigenvalue weighted by Crippen LogP contribution is 2.52. The van der Waals surface area contributed by atoms with Gasteiger partial charge in [-0.15, -0.1) is 0 Å². The van der Waals surface area contributed by atoms with E-state index >= 15 is 0 Å². The predicted octanol–water partition coefficient (Wildman–Crippen LogP) is 0.402. The van der Waals surface area contributed by atoms with Crippen LogP contribution in [0, 0.1) is 5.92 Å². The van der Waals surface area contributed by atoms with Gasteiger partial charge in [-0.1, -0.05) is 11.8 Å². The second kappa shape index (κ2) is 3.78. The number of carbonyl (C=O) groups is 2. The molecule has 5 N–H and O–H groups in total. The van der Waals surface area contributed by atoms with Gasteiger partial charge < -0.3 is 16.6 Å². The van der Waals surface area contributed by atoms with E-state index in [1.807, 2.05) is 0 Å². The van der Waals surface area contributed by atoms with Crippen LogP contribution in [0.2, 0.25) is 0 Å². The van der Waals surface area contributed by atoms with E-state index in [1.54, 1.807) is 0 Å². The average Bonchev–Trinajstić information content (AvgIpc) is 2.51. The lowest BCUT2D eigenvalue weighted by Gasteiger charge is -2.25. The molecule has 88 valence electrons. The number of carboxylic acids is 1. The van der Waals surface area contributed by atoms with E-state index < -0.39 is 22.7 Å². The Morgan fingerprint density at radius 3 is 2.56 bits per heavy atom. The fraction of sp³-hybridized carbons (Fsp3) is 0.600. The van der Waals surface area contributed by atoms with Crippen molar-refractivity contribution in [3.05, 3.63) is 10.5 Å². The molecule has 0 unspecified atom stereocenters. The molecule has 2 rings (SSSR count). The van der Waals surface area contributed by atoms with Crippen LogP contribution in [0.4, 0.5) is 0 Å². The number of allylic oxidation sites excluding steroid dienone is 1. The van der Waals surface area contributed by atoms with E-state index in [9.17, 15) is 14.7 Å². The summed E-state index contributed by atoms with van der Waals surface area (Å²) in [6.45, 7) is 0. The first-order chi connectivity index (χ1) is 7.47. The molecule has 1 amide bonds. The number of nitrogens with two attached hydrogens (primary N) is 2. The maximum Gasteiger partial charge on any atom is 0.314 e. The Morgan fingerprint density at radius 1 is 1.38 bits per heavy atom. The smallest absolute Gasteiger partial charge is 0.314 e. The lowest BCUT2D eigenvalue weighted by Crippen LogP contribution is -2.55. The highest BCUT2D eigenvalue weighted by atomic mass is 32.2. The zero-order chi connectivity index (χ0) is 11.9. The third-order valence-corrected chi connectivity index (χ3v) is 4.65. The summed E-state index contributed by atoms with van der Waals surface area (Å²) in [6, 6.07) is 0. The van der Waals surface area contributed by atoms with Crippen LogP contribution >= 0.6 is 11.8 Å². The number of hydrogen-bond acceptors (Lipinski definition) is 4. The van der Waals surface area contributed by atoms with Gasteiger partial charge in [0.1, 0.15) is 5.92 Å². The molecular formula is C10H14N2O3S. The summed E-state index contributed by atoms with van der Waals surface area (Å²) in [5, 5.41) is 9.20. The van der Waals surface area contributed by atoms with Crippen molar-refractivity contribution in [2.45, 2.75) is 30.6 Å². The Hall–Kier alpha value is -1.01. The minimum Gasteiger partial charge on any atom is -0.481 e. The van der Waals surface area contributed by atoms with E-state index in [2.05, 4.69) is 0 Å². The molecule has 0 spiro atoms. The van der Waals surface area contributed by atoms with Gasteiger partial charge in [0.25, 0.3) is 0 Å². The van der Waals surface area contributed by atoms with Gasteiger partial charge in [-0.2, -0.15) is 0 Å². The van der Waals surface area contributed by atoms with Crippen LogP contribution in [0.25, 0.3) is 0 Å². The molecule has 0 aromatic carbocycles. The van der Waals surface area contributed by atoms with Gasteiger partial charge in [0.15, 0.2) is 4.87 Å². The molecule has 1 heterocycles. The summed E-state index contributed by atoms with van der Waals surface area (Å²) in [5.41, 5.74) is 11.9. The molecule has 0 saturated carbocycles. The Labute approximate surface area is 97.2 Å². The number of carboxylic acid groups (broad SMARTS) is 1. The fourth-order valence-electron chi connectivity index (χ4n) is 2.37. The van der Waals surface area contributed by atoms with Crippen LogP contribution in [0.1, 0.15) is 25.7 Å². The van der Waals surface area contributed by atoms with Gasteiger partial charge in [0.05, 0.1) is 0 Å². The van der Waals surface area contributed by atoms with Crippen LogP contribution in [0.15, 0.2) is 10.5 Å². The summed E-state index contributed by atoms with van der Waals surface area (Å²) < 4.78 is 0. The fourth-order valence-corrected chi connectivity index (χ4v) is 3.84. The summed E-state index contributed by atoms with van der Waals surface area (Å²) in [6.07, 6.45) is 3.51. The number of amides is 1. The normalized spacial score (nSPS) is 33.7. The highest BCUT2D eigenvalue weighted by Gasteiger charge is 2.54. The molecule has 1 aliphatic carbocycles. The molecular weight excluding hydrogens is 228 g/mol. The highest BCUT2D eigenvalue weighted by molar-refractivity contribution is 8.05. The molecule has 0 fully saturated rings. The number of hydrogen-bond donors (Lipinski definition) is 3. The SMILES string of the molecule is NC(=O)[C@]1(N)SC2=C(CCCC2)[C@@H]1C(=O)O. The lowest BCUT2D eigenvalue weighted by molar-refractivity contribution is -0.143. The maximum absolute atomic E-state index is 11.4. The molecule has 0 aromatic heterocycles. The first-order valence-corrected chi connectivity index (χ1v) is 6.01. The largest absolute Gasteiger partial charge is 0.481 e. The zero-order valence-electron chi connectivity index (χ0n) is 8.73. The molecule has 2 aliphatic rings. The second-order valence-electron chi connectivity index (χ2n) is 4.19. The van der Waals surface area contributed by atoms with Crippen molar-refractivity contribution in [1.82, 2.24) is 0 Å². The van der Waals surface area contributed by atoms with Gasteiger partial charge in [0.2, 0.25) is 5.91 Å². The topological polar surface area (TPSA) is 106 Å². The van der Waals surface area contributed by atoms with Crippen molar-refractivity contribution in [3.63, 3.8) is 0 Å². The molecule has 5 nitrogen and oxygen atoms in total. The molecule has 16 heavy (non-hydrogen) atoms. The van der Waals surface area contributed by atoms with Crippen LogP contribution < -0.4 is 11.5 Å². The van der Waals surface area contributed by atoms with Gasteiger partial charge in [0, 0.05) is 0 Å². The number of primary amides is 1. The predicted molar refractivity (Wildman–Crippen MR) is 60.3 cm³/mol. The molecule has 2 atom stereocenters. The number of thioether (sulfide) groups is 1. The molecule has 6 heteroatoms. The Morgan fingerprint density at radius 2 is 2.00 bits per heavy atom. The van der Waals surface area contributed by atoms with Crippen molar-refractivity contribution in [3.8, 4) is 0 Å². The van der Waals surface area contributed by atoms with E-state index in [0.717, 1.165) is 41.5 Å². The van der Waals surface area contributed by atoms with Crippen molar-refractivity contribution in [2.75, 3.05) is 0 Å². The Bertz CT molecular complexity index is 394. The summed E-state index contributed by atoms with van der Waals surface area (Å²) >= 11 is 1.14. The van der Waals surface area contributed by atoms with Crippen molar-refractivity contribution >= 4 is 23.6 Å². The van der Waals surface area contributed by atoms with E-state index in [-0.39, 0.29) is 0 Å². The molecule has 0 bridgehead atoms. The third-order valence-electron chi connectivity index (χ3n) is 3.16. The van der Waals surface area contributed by atoms with Gasteiger partial charge in [-0.3, -0.25) is 9.59 Å². The van der Waals surface area contributed by atoms with E-state index in [0.29, 0.717) is 6.42 Å². The Balaban J connectivity index is 2.42. The van der Waals surface area contributed by atoms with Crippen molar-refractivity contribution in [1.29, 1.82) is 0 Å². The van der Waals surface area contributed by atoms with Crippen LogP contribution in [0.5, 0.6) is 0 Å². The van der Waals surface area contributed by atoms with Gasteiger partial charge in [-0.05, 0) is 36.2 Å². The summed E-state index contributed by atoms with van der Waals surface area (Å²) in [7, 11) is 0. The lowest BCUT2D eigenvalue weighted by atomic mass is 9.84. The number of rotatable bonds is 2. The van der Waals surface area contributed by atoms with Gasteiger partial charge in [-0.25, -0.2) is 0 Å². The summed E-state index contributed by atoms with van der Waals surface area (Å²) in [5.74, 6) is -2.76. The maximum atomic E-state index is 11.4. The third kappa shape index (κ3) is 1.53. The quantitative estimate of drug-likeness (QED) is 0.650. The van der Waals surface area contributed by atoms with Crippen molar-refractivity contribution in [2.24, 2.45) is 17.4 Å². The van der Waals surface area contributed by atoms with Crippen molar-refractivity contribution < 1.29 is 14.7 Å². The molecule has 0 aromatic rings. The molecule has 1 aliphatic heterocycles. The first kappa shape index (κ1) is 11.5. The van der Waals surface area contributed by atoms with Gasteiger partial charge >= 0.3 is 5.97 Å². The van der Waals surface area contributed by atoms with E-state index in [1.165, 1.54) is 0 Å². The van der Waals surface area contributed by atoms with Crippen LogP contribution in [0.3, 0.4) is 0 Å².